The van der Waals surface area contributed by atoms with Gasteiger partial charge >= 0.3 is 15.6 Å². The molecule has 0 radical (unpaired) electrons. The molecule has 2 bridgehead atoms. The van der Waals surface area contributed by atoms with Crippen LogP contribution in [0.15, 0.2) is 23.8 Å². The second kappa shape index (κ2) is 9.82. The molecule has 12 atom stereocenters. The molecule has 1 saturated carbocycles. The van der Waals surface area contributed by atoms with Crippen molar-refractivity contribution in [1.29, 1.82) is 0 Å². The number of nitrogens with two attached hydrogens (primary N) is 2. The van der Waals surface area contributed by atoms with Gasteiger partial charge in [0.15, 0.2) is 35.1 Å². The third kappa shape index (κ3) is 4.11. The lowest BCUT2D eigenvalue weighted by molar-refractivity contribution is -0.243. The van der Waals surface area contributed by atoms with Crippen LogP contribution in [0.5, 0.6) is 0 Å². The number of alkyl halides is 1. The first-order valence-electron chi connectivity index (χ1n) is 14.4. The molecule has 4 saturated heterocycles. The number of anilines is 2. The Bertz CT molecular complexity index is 2170. The van der Waals surface area contributed by atoms with Gasteiger partial charge in [0.1, 0.15) is 35.8 Å². The van der Waals surface area contributed by atoms with E-state index < -0.39 is 101 Å². The number of hydrogen-bond donors (Lipinski definition) is 6. The number of nitrogens with zero attached hydrogens (tertiary/aromatic N) is 7. The Labute approximate surface area is 265 Å². The molecule has 5 fully saturated rings. The highest BCUT2D eigenvalue weighted by Gasteiger charge is 2.87. The minimum absolute atomic E-state index is 0.0127. The summed E-state index contributed by atoms with van der Waals surface area (Å²) in [6.45, 7) is -1.55. The van der Waals surface area contributed by atoms with Crippen molar-refractivity contribution in [1.82, 2.24) is 39.0 Å². The molecule has 4 aromatic rings. The first-order valence-corrected chi connectivity index (χ1v) is 17.4. The van der Waals surface area contributed by atoms with Gasteiger partial charge in [0, 0.05) is 0 Å². The van der Waals surface area contributed by atoms with Crippen LogP contribution in [0.25, 0.3) is 22.3 Å². The van der Waals surface area contributed by atoms with Crippen molar-refractivity contribution in [2.45, 2.75) is 55.1 Å². The second-order valence-electron chi connectivity index (χ2n) is 12.2. The van der Waals surface area contributed by atoms with E-state index in [-0.39, 0.29) is 34.1 Å². The molecule has 256 valence electrons. The fourth-order valence-electron chi connectivity index (χ4n) is 7.73. The van der Waals surface area contributed by atoms with Crippen molar-refractivity contribution in [2.75, 3.05) is 24.7 Å². The molecule has 0 aromatic carbocycles. The summed E-state index contributed by atoms with van der Waals surface area (Å²) in [6.07, 6.45) is -8.36. The monoisotopic (exact) mass is 714 g/mol. The molecule has 0 amide bonds. The quantitative estimate of drug-likeness (QED) is 0.136. The van der Waals surface area contributed by atoms with Gasteiger partial charge in [-0.2, -0.15) is 4.98 Å². The summed E-state index contributed by atoms with van der Waals surface area (Å²) in [4.78, 5) is 56.8. The van der Waals surface area contributed by atoms with Crippen LogP contribution in [0.2, 0.25) is 0 Å². The minimum atomic E-state index is -5.09. The summed E-state index contributed by atoms with van der Waals surface area (Å²) < 4.78 is 81.4. The SMILES string of the molecule is Nc1nc2c(ncn2[C@@H]2O[C@@H]3COP(=O)(O)O[C@H]4[C@H](n5cnc6c(N)ncnc65)O[C@@H]5COP(=O)(O)O[C@H](C3C3(F)C[C@@]543)[C@H]2O)c(=O)[nH]1. The third-order valence-electron chi connectivity index (χ3n) is 9.75. The fraction of sp³-hybridized carbons (Fsp3) is 0.565. The smallest absolute Gasteiger partial charge is 0.386 e. The highest BCUT2D eigenvalue weighted by atomic mass is 31.2. The zero-order valence-electron chi connectivity index (χ0n) is 24.0. The van der Waals surface area contributed by atoms with E-state index in [9.17, 15) is 28.8 Å². The molecule has 8 heterocycles. The number of H-pyrrole nitrogens is 1. The van der Waals surface area contributed by atoms with Crippen molar-refractivity contribution in [2.24, 2.45) is 11.3 Å². The second-order valence-corrected chi connectivity index (χ2v) is 15.0. The zero-order valence-corrected chi connectivity index (χ0v) is 25.8. The first-order chi connectivity index (χ1) is 22.7. The molecule has 4 aliphatic heterocycles. The van der Waals surface area contributed by atoms with Gasteiger partial charge < -0.3 is 35.8 Å². The maximum atomic E-state index is 18.0. The third-order valence-corrected chi connectivity index (χ3v) is 11.7. The Morgan fingerprint density at radius 2 is 1.67 bits per heavy atom. The van der Waals surface area contributed by atoms with E-state index in [1.54, 1.807) is 0 Å². The van der Waals surface area contributed by atoms with E-state index in [4.69, 9.17) is 39.0 Å². The number of imidazole rings is 2. The fourth-order valence-corrected chi connectivity index (χ4v) is 9.66. The van der Waals surface area contributed by atoms with Crippen LogP contribution in [0, 0.1) is 11.3 Å². The molecule has 48 heavy (non-hydrogen) atoms. The molecule has 9 rings (SSSR count). The van der Waals surface area contributed by atoms with Crippen molar-refractivity contribution in [3.63, 3.8) is 0 Å². The molecule has 22 nitrogen and oxygen atoms in total. The Kier molecular flexibility index (Phi) is 6.26. The van der Waals surface area contributed by atoms with Crippen molar-refractivity contribution >= 4 is 49.7 Å². The van der Waals surface area contributed by atoms with Crippen molar-refractivity contribution in [3.8, 4) is 0 Å². The van der Waals surface area contributed by atoms with Gasteiger partial charge in [-0.05, 0) is 6.42 Å². The van der Waals surface area contributed by atoms with E-state index in [2.05, 4.69) is 29.9 Å². The summed E-state index contributed by atoms with van der Waals surface area (Å²) in [5.41, 5.74) is 6.49. The van der Waals surface area contributed by atoms with Crippen LogP contribution in [-0.2, 0) is 36.7 Å². The molecule has 1 aliphatic carbocycles. The number of aromatic nitrogens is 8. The molecule has 8 N–H and O–H groups in total. The Balaban J connectivity index is 1.20. The van der Waals surface area contributed by atoms with Gasteiger partial charge in [0.05, 0.1) is 49.4 Å². The number of nitrogen functional groups attached to an aromatic ring is 2. The molecule has 4 aromatic heterocycles. The predicted molar refractivity (Wildman–Crippen MR) is 152 cm³/mol. The normalized spacial score (nSPS) is 43.8. The Morgan fingerprint density at radius 1 is 0.958 bits per heavy atom. The van der Waals surface area contributed by atoms with E-state index >= 15 is 4.39 Å². The zero-order chi connectivity index (χ0) is 33.5. The number of aromatic amines is 1. The highest BCUT2D eigenvalue weighted by molar-refractivity contribution is 7.47. The molecule has 4 unspecified atom stereocenters. The largest absolute Gasteiger partial charge is 0.472 e. The first kappa shape index (κ1) is 30.6. The number of halogens is 1. The van der Waals surface area contributed by atoms with Crippen LogP contribution < -0.4 is 17.0 Å². The summed E-state index contributed by atoms with van der Waals surface area (Å²) in [5.74, 6) is -1.93. The molecule has 5 aliphatic rings. The maximum absolute atomic E-state index is 18.0. The van der Waals surface area contributed by atoms with Gasteiger partial charge in [-0.3, -0.25) is 37.0 Å². The Morgan fingerprint density at radius 3 is 2.46 bits per heavy atom. The maximum Gasteiger partial charge on any atom is 0.472 e. The summed E-state index contributed by atoms with van der Waals surface area (Å²) in [7, 11) is -10.1. The lowest BCUT2D eigenvalue weighted by Crippen LogP contribution is -2.59. The number of hydrogen-bond acceptors (Lipinski definition) is 17. The minimum Gasteiger partial charge on any atom is -0.386 e. The molecular formula is C23H25FN10O12P2. The summed E-state index contributed by atoms with van der Waals surface area (Å²) in [6, 6.07) is 0. The van der Waals surface area contributed by atoms with Crippen LogP contribution in [-0.4, -0.2) is 103 Å². The van der Waals surface area contributed by atoms with Gasteiger partial charge in [-0.25, -0.2) is 33.5 Å². The van der Waals surface area contributed by atoms with Crippen molar-refractivity contribution in [3.05, 3.63) is 29.3 Å². The van der Waals surface area contributed by atoms with E-state index in [0.29, 0.717) is 0 Å². The molecule has 1 spiro atoms. The number of phosphoric acid groups is 2. The van der Waals surface area contributed by atoms with E-state index in [1.165, 1.54) is 10.9 Å². The standard InChI is InChI=1S/C23H25FN10O12P2/c24-23-3-22(23)8-2-42-47(37,38)45-13-9(23)7(43-19(12(13)35)34-6-30-11-17(34)31-21(26)32-18(11)36)1-41-48(39,40)46-14(22)20(44-8)33-5-29-10-15(25)27-4-28-16(10)33/h4-9,12-14,19-20,35H,1-3H2,(H,37,38)(H,39,40)(H2,25,27,28)(H3,26,31,32,36)/t7-,8-,9?,12-,13-,14+,19-,20-,22-,23?/m1/s1. The molecule has 25 heteroatoms. The van der Waals surface area contributed by atoms with Crippen LogP contribution in [0.4, 0.5) is 16.2 Å². The average molecular weight is 714 g/mol. The number of rotatable bonds is 2. The van der Waals surface area contributed by atoms with E-state index in [0.717, 1.165) is 17.2 Å². The predicted octanol–water partition coefficient (Wildman–Crippen LogP) is -0.974. The van der Waals surface area contributed by atoms with Gasteiger partial charge in [0.2, 0.25) is 5.95 Å². The van der Waals surface area contributed by atoms with Crippen molar-refractivity contribution < 1.29 is 56.0 Å². The summed E-state index contributed by atoms with van der Waals surface area (Å²) in [5, 5.41) is 11.7. The van der Waals surface area contributed by atoms with E-state index in [1.807, 2.05) is 0 Å². The van der Waals surface area contributed by atoms with Crippen LogP contribution in [0.3, 0.4) is 0 Å². The topological polar surface area (TPSA) is 309 Å². The number of nitrogens with one attached hydrogen (secondary N) is 1. The lowest BCUT2D eigenvalue weighted by Gasteiger charge is -2.46. The van der Waals surface area contributed by atoms with Crippen LogP contribution >= 0.6 is 15.6 Å². The summed E-state index contributed by atoms with van der Waals surface area (Å²) >= 11 is 0. The van der Waals surface area contributed by atoms with Gasteiger partial charge in [0.25, 0.3) is 5.56 Å². The van der Waals surface area contributed by atoms with Gasteiger partial charge in [-0.15, -0.1) is 0 Å². The Hall–Kier alpha value is -3.47. The highest BCUT2D eigenvalue weighted by Crippen LogP contribution is 2.77. The lowest BCUT2D eigenvalue weighted by atomic mass is 9.77. The number of aliphatic hydroxyl groups excluding tert-OH is 1. The molecular weight excluding hydrogens is 689 g/mol. The number of ether oxygens (including phenoxy) is 2. The number of fused-ring (bicyclic) bond motifs is 2. The van der Waals surface area contributed by atoms with Crippen LogP contribution in [0.1, 0.15) is 18.9 Å². The number of aliphatic hydroxyl groups is 1. The van der Waals surface area contributed by atoms with Gasteiger partial charge in [-0.1, -0.05) is 0 Å². The average Bonchev–Trinajstić information content (AvgIpc) is 3.36. The number of phosphoric ester groups is 2.